The zero-order chi connectivity index (χ0) is 6.85. The predicted molar refractivity (Wildman–Crippen MR) is 33.9 cm³/mol. The van der Waals surface area contributed by atoms with Crippen LogP contribution in [0.4, 0.5) is 0 Å². The lowest BCUT2D eigenvalue weighted by Gasteiger charge is -1.96. The third-order valence-electron chi connectivity index (χ3n) is 1.70. The number of ether oxygens (including phenoxy) is 1. The van der Waals surface area contributed by atoms with E-state index in [2.05, 4.69) is 6.92 Å². The monoisotopic (exact) mass is 128 g/mol. The van der Waals surface area contributed by atoms with Crippen molar-refractivity contribution in [1.29, 1.82) is 0 Å². The molecular formula is C7H12O2. The first-order chi connectivity index (χ1) is 4.25. The molecule has 1 aliphatic carbocycles. The van der Waals surface area contributed by atoms with E-state index in [4.69, 9.17) is 4.74 Å². The third kappa shape index (κ3) is 1.44. The second-order valence-corrected chi connectivity index (χ2v) is 2.57. The number of esters is 1. The summed E-state index contributed by atoms with van der Waals surface area (Å²) in [5, 5.41) is 0. The maximum Gasteiger partial charge on any atom is 0.309 e. The lowest BCUT2D eigenvalue weighted by atomic mass is 10.3. The number of rotatable bonds is 2. The minimum Gasteiger partial charge on any atom is -0.466 e. The van der Waals surface area contributed by atoms with Gasteiger partial charge in [0.2, 0.25) is 0 Å². The van der Waals surface area contributed by atoms with E-state index in [-0.39, 0.29) is 11.9 Å². The summed E-state index contributed by atoms with van der Waals surface area (Å²) >= 11 is 0. The quantitative estimate of drug-likeness (QED) is 0.522. The van der Waals surface area contributed by atoms with Crippen LogP contribution in [0, 0.1) is 11.8 Å². The van der Waals surface area contributed by atoms with Crippen LogP contribution >= 0.6 is 0 Å². The van der Waals surface area contributed by atoms with E-state index >= 15 is 0 Å². The second-order valence-electron chi connectivity index (χ2n) is 2.57. The molecule has 0 bridgehead atoms. The van der Waals surface area contributed by atoms with Crippen molar-refractivity contribution in [3.63, 3.8) is 0 Å². The first-order valence-electron chi connectivity index (χ1n) is 3.42. The SMILES string of the molecule is CCOC(=O)[C@@H]1CC1C. The van der Waals surface area contributed by atoms with Crippen LogP contribution in [-0.4, -0.2) is 12.6 Å². The molecule has 0 heterocycles. The van der Waals surface area contributed by atoms with Gasteiger partial charge in [-0.2, -0.15) is 0 Å². The van der Waals surface area contributed by atoms with Crippen LogP contribution in [-0.2, 0) is 9.53 Å². The topological polar surface area (TPSA) is 26.3 Å². The highest BCUT2D eigenvalue weighted by Gasteiger charge is 2.40. The second kappa shape index (κ2) is 2.38. The zero-order valence-electron chi connectivity index (χ0n) is 5.89. The summed E-state index contributed by atoms with van der Waals surface area (Å²) in [6.07, 6.45) is 1.03. The zero-order valence-corrected chi connectivity index (χ0v) is 5.89. The van der Waals surface area contributed by atoms with Gasteiger partial charge in [-0.15, -0.1) is 0 Å². The molecule has 2 atom stereocenters. The van der Waals surface area contributed by atoms with Gasteiger partial charge in [0.25, 0.3) is 0 Å². The molecule has 0 N–H and O–H groups in total. The molecular weight excluding hydrogens is 116 g/mol. The lowest BCUT2D eigenvalue weighted by Crippen LogP contribution is -2.06. The Balaban J connectivity index is 2.20. The van der Waals surface area contributed by atoms with Crippen LogP contribution in [0.25, 0.3) is 0 Å². The predicted octanol–water partition coefficient (Wildman–Crippen LogP) is 1.21. The van der Waals surface area contributed by atoms with E-state index in [0.717, 1.165) is 6.42 Å². The van der Waals surface area contributed by atoms with E-state index < -0.39 is 0 Å². The van der Waals surface area contributed by atoms with Gasteiger partial charge in [0.15, 0.2) is 0 Å². The molecule has 52 valence electrons. The Morgan fingerprint density at radius 2 is 2.33 bits per heavy atom. The normalized spacial score (nSPS) is 31.8. The van der Waals surface area contributed by atoms with Crippen LogP contribution in [0.3, 0.4) is 0 Å². The van der Waals surface area contributed by atoms with Crippen molar-refractivity contribution >= 4 is 5.97 Å². The summed E-state index contributed by atoms with van der Waals surface area (Å²) < 4.78 is 4.80. The van der Waals surface area contributed by atoms with Gasteiger partial charge < -0.3 is 4.74 Å². The standard InChI is InChI=1S/C7H12O2/c1-3-9-7(8)6-4-5(6)2/h5-6H,3-4H2,1-2H3/t5?,6-/m1/s1. The molecule has 1 aliphatic rings. The largest absolute Gasteiger partial charge is 0.466 e. The summed E-state index contributed by atoms with van der Waals surface area (Å²) in [6.45, 7) is 4.43. The van der Waals surface area contributed by atoms with Crippen LogP contribution in [0.15, 0.2) is 0 Å². The molecule has 0 aliphatic heterocycles. The van der Waals surface area contributed by atoms with E-state index in [1.807, 2.05) is 6.92 Å². The fraction of sp³-hybridized carbons (Fsp3) is 0.857. The van der Waals surface area contributed by atoms with Crippen molar-refractivity contribution < 1.29 is 9.53 Å². The highest BCUT2D eigenvalue weighted by molar-refractivity contribution is 5.75. The van der Waals surface area contributed by atoms with E-state index in [1.165, 1.54) is 0 Å². The Morgan fingerprint density at radius 3 is 2.67 bits per heavy atom. The molecule has 0 aromatic carbocycles. The Kier molecular flexibility index (Phi) is 1.74. The van der Waals surface area contributed by atoms with Gasteiger partial charge >= 0.3 is 5.97 Å². The minimum atomic E-state index is -0.00926. The molecule has 0 saturated heterocycles. The van der Waals surface area contributed by atoms with Crippen molar-refractivity contribution in [2.75, 3.05) is 6.61 Å². The molecule has 2 nitrogen and oxygen atoms in total. The number of hydrogen-bond donors (Lipinski definition) is 0. The van der Waals surface area contributed by atoms with E-state index in [0.29, 0.717) is 12.5 Å². The number of carbonyl (C=O) groups excluding carboxylic acids is 1. The van der Waals surface area contributed by atoms with Crippen molar-refractivity contribution in [3.8, 4) is 0 Å². The van der Waals surface area contributed by atoms with Gasteiger partial charge in [0.1, 0.15) is 0 Å². The van der Waals surface area contributed by atoms with Gasteiger partial charge in [0, 0.05) is 0 Å². The summed E-state index contributed by atoms with van der Waals surface area (Å²) in [5.74, 6) is 0.791. The van der Waals surface area contributed by atoms with Gasteiger partial charge in [-0.1, -0.05) is 6.92 Å². The van der Waals surface area contributed by atoms with Crippen LogP contribution < -0.4 is 0 Å². The molecule has 2 heteroatoms. The molecule has 0 aromatic heterocycles. The smallest absolute Gasteiger partial charge is 0.309 e. The summed E-state index contributed by atoms with van der Waals surface area (Å²) in [4.78, 5) is 10.8. The summed E-state index contributed by atoms with van der Waals surface area (Å²) in [6, 6.07) is 0. The highest BCUT2D eigenvalue weighted by atomic mass is 16.5. The fourth-order valence-corrected chi connectivity index (χ4v) is 0.900. The Hall–Kier alpha value is -0.530. The molecule has 0 amide bonds. The van der Waals surface area contributed by atoms with Crippen LogP contribution in [0.1, 0.15) is 20.3 Å². The average Bonchev–Trinajstić information content (AvgIpc) is 2.47. The van der Waals surface area contributed by atoms with Crippen LogP contribution in [0.5, 0.6) is 0 Å². The van der Waals surface area contributed by atoms with E-state index in [9.17, 15) is 4.79 Å². The number of carbonyl (C=O) groups is 1. The molecule has 0 radical (unpaired) electrons. The van der Waals surface area contributed by atoms with Gasteiger partial charge in [0.05, 0.1) is 12.5 Å². The maximum atomic E-state index is 10.8. The number of hydrogen-bond acceptors (Lipinski definition) is 2. The third-order valence-corrected chi connectivity index (χ3v) is 1.70. The Bertz CT molecular complexity index is 120. The molecule has 1 rings (SSSR count). The van der Waals surface area contributed by atoms with Crippen LogP contribution in [0.2, 0.25) is 0 Å². The maximum absolute atomic E-state index is 10.8. The van der Waals surface area contributed by atoms with Crippen molar-refractivity contribution in [2.24, 2.45) is 11.8 Å². The molecule has 1 saturated carbocycles. The van der Waals surface area contributed by atoms with Gasteiger partial charge in [-0.3, -0.25) is 4.79 Å². The first kappa shape index (κ1) is 6.59. The van der Waals surface area contributed by atoms with Crippen molar-refractivity contribution in [3.05, 3.63) is 0 Å². The summed E-state index contributed by atoms with van der Waals surface area (Å²) in [5.41, 5.74) is 0. The molecule has 1 unspecified atom stereocenters. The van der Waals surface area contributed by atoms with Gasteiger partial charge in [-0.05, 0) is 19.3 Å². The molecule has 1 fully saturated rings. The Labute approximate surface area is 55.2 Å². The molecule has 0 aromatic rings. The molecule has 0 spiro atoms. The average molecular weight is 128 g/mol. The lowest BCUT2D eigenvalue weighted by molar-refractivity contribution is -0.144. The van der Waals surface area contributed by atoms with Gasteiger partial charge in [-0.25, -0.2) is 0 Å². The van der Waals surface area contributed by atoms with E-state index in [1.54, 1.807) is 0 Å². The summed E-state index contributed by atoms with van der Waals surface area (Å²) in [7, 11) is 0. The molecule has 9 heavy (non-hydrogen) atoms. The minimum absolute atomic E-state index is 0.00926. The first-order valence-corrected chi connectivity index (χ1v) is 3.42. The van der Waals surface area contributed by atoms with Crippen molar-refractivity contribution in [2.45, 2.75) is 20.3 Å². The fourth-order valence-electron chi connectivity index (χ4n) is 0.900. The Morgan fingerprint density at radius 1 is 1.78 bits per heavy atom. The highest BCUT2D eigenvalue weighted by Crippen LogP contribution is 2.38. The van der Waals surface area contributed by atoms with Crippen molar-refractivity contribution in [1.82, 2.24) is 0 Å².